The van der Waals surface area contributed by atoms with Crippen LogP contribution in [0.5, 0.6) is 28.7 Å². The molecule has 4 atom stereocenters. The Morgan fingerprint density at radius 3 is 2.60 bits per heavy atom. The summed E-state index contributed by atoms with van der Waals surface area (Å²) in [5.74, 6) is 3.19. The van der Waals surface area contributed by atoms with Crippen LogP contribution in [-0.2, 0) is 6.42 Å². The Hall–Kier alpha value is -2.13. The van der Waals surface area contributed by atoms with Gasteiger partial charge in [0, 0.05) is 29.2 Å². The Kier molecular flexibility index (Phi) is 4.97. The van der Waals surface area contributed by atoms with E-state index in [9.17, 15) is 5.11 Å². The lowest BCUT2D eigenvalue weighted by atomic mass is 9.80. The summed E-state index contributed by atoms with van der Waals surface area (Å²) in [7, 11) is 3.19. The van der Waals surface area contributed by atoms with Gasteiger partial charge in [-0.15, -0.1) is 0 Å². The van der Waals surface area contributed by atoms with Gasteiger partial charge < -0.3 is 28.8 Å². The lowest BCUT2D eigenvalue weighted by Crippen LogP contribution is -2.42. The fourth-order valence-electron chi connectivity index (χ4n) is 4.57. The van der Waals surface area contributed by atoms with Crippen molar-refractivity contribution in [3.63, 3.8) is 0 Å². The van der Waals surface area contributed by atoms with Gasteiger partial charge in [-0.25, -0.2) is 0 Å². The lowest BCUT2D eigenvalue weighted by molar-refractivity contribution is 0.000791. The minimum Gasteiger partial charge on any atom is -0.493 e. The zero-order valence-electron chi connectivity index (χ0n) is 17.0. The first-order chi connectivity index (χ1) is 14.5. The predicted molar refractivity (Wildman–Crippen MR) is 119 cm³/mol. The van der Waals surface area contributed by atoms with Crippen molar-refractivity contribution in [2.24, 2.45) is 0 Å². The second kappa shape index (κ2) is 7.53. The number of halogens is 1. The molecule has 0 aromatic heterocycles. The van der Waals surface area contributed by atoms with Crippen molar-refractivity contribution in [2.45, 2.75) is 37.6 Å². The fourth-order valence-corrected chi connectivity index (χ4v) is 4.97. The van der Waals surface area contributed by atoms with Crippen LogP contribution in [0.25, 0.3) is 0 Å². The number of ether oxygens (including phenoxy) is 5. The van der Waals surface area contributed by atoms with Gasteiger partial charge >= 0.3 is 0 Å². The van der Waals surface area contributed by atoms with Gasteiger partial charge in [-0.1, -0.05) is 22.6 Å². The molecule has 3 heterocycles. The SMILES string of the molecule is COc1cc2c(cc1OC)C1C(CO2)Oc2c(ccc3c2C[C@@H](/C(C)=C/I)O3)C1O. The maximum atomic E-state index is 11.4. The number of aliphatic hydroxyl groups is 1. The highest BCUT2D eigenvalue weighted by molar-refractivity contribution is 14.1. The van der Waals surface area contributed by atoms with Gasteiger partial charge in [0.1, 0.15) is 36.1 Å². The third kappa shape index (κ3) is 2.93. The number of benzene rings is 2. The minimum atomic E-state index is -0.718. The summed E-state index contributed by atoms with van der Waals surface area (Å²) in [5.41, 5.74) is 3.84. The molecule has 7 heteroatoms. The molecule has 0 aliphatic carbocycles. The third-order valence-electron chi connectivity index (χ3n) is 6.19. The average Bonchev–Trinajstić information content (AvgIpc) is 3.22. The van der Waals surface area contributed by atoms with Crippen LogP contribution in [0.2, 0.25) is 0 Å². The van der Waals surface area contributed by atoms with Gasteiger partial charge in [-0.2, -0.15) is 0 Å². The van der Waals surface area contributed by atoms with Crippen molar-refractivity contribution < 1.29 is 28.8 Å². The van der Waals surface area contributed by atoms with Crippen LogP contribution in [0.1, 0.15) is 35.6 Å². The molecule has 158 valence electrons. The van der Waals surface area contributed by atoms with Gasteiger partial charge in [-0.3, -0.25) is 0 Å². The van der Waals surface area contributed by atoms with E-state index in [1.807, 2.05) is 28.3 Å². The smallest absolute Gasteiger partial charge is 0.164 e. The van der Waals surface area contributed by atoms with Gasteiger partial charge in [0.15, 0.2) is 11.5 Å². The predicted octanol–water partition coefficient (Wildman–Crippen LogP) is 4.32. The highest BCUT2D eigenvalue weighted by Gasteiger charge is 2.45. The van der Waals surface area contributed by atoms with E-state index in [0.29, 0.717) is 23.9 Å². The molecule has 0 radical (unpaired) electrons. The Bertz CT molecular complexity index is 1030. The first kappa shape index (κ1) is 19.8. The second-order valence-corrected chi connectivity index (χ2v) is 8.43. The first-order valence-corrected chi connectivity index (χ1v) is 11.1. The van der Waals surface area contributed by atoms with E-state index in [0.717, 1.165) is 34.6 Å². The maximum absolute atomic E-state index is 11.4. The molecule has 1 N–H and O–H groups in total. The molecule has 3 unspecified atom stereocenters. The number of hydrogen-bond donors (Lipinski definition) is 1. The van der Waals surface area contributed by atoms with Crippen molar-refractivity contribution >= 4 is 22.6 Å². The quantitative estimate of drug-likeness (QED) is 0.607. The molecule has 0 amide bonds. The van der Waals surface area contributed by atoms with E-state index in [-0.39, 0.29) is 18.1 Å². The molecule has 3 aliphatic rings. The molecule has 0 saturated heterocycles. The molecule has 2 aromatic rings. The van der Waals surface area contributed by atoms with Crippen molar-refractivity contribution in [1.29, 1.82) is 0 Å². The van der Waals surface area contributed by atoms with E-state index in [2.05, 4.69) is 29.5 Å². The minimum absolute atomic E-state index is 0.00178. The topological polar surface area (TPSA) is 66.4 Å². The zero-order valence-corrected chi connectivity index (χ0v) is 19.1. The van der Waals surface area contributed by atoms with Crippen molar-refractivity contribution in [1.82, 2.24) is 0 Å². The van der Waals surface area contributed by atoms with Crippen LogP contribution in [0.15, 0.2) is 33.9 Å². The van der Waals surface area contributed by atoms with Crippen LogP contribution in [0.3, 0.4) is 0 Å². The monoisotopic (exact) mass is 522 g/mol. The number of hydrogen-bond acceptors (Lipinski definition) is 6. The summed E-state index contributed by atoms with van der Waals surface area (Å²) < 4.78 is 31.4. The zero-order chi connectivity index (χ0) is 21.0. The highest BCUT2D eigenvalue weighted by Crippen LogP contribution is 2.53. The normalized spacial score (nSPS) is 26.2. The summed E-state index contributed by atoms with van der Waals surface area (Å²) >= 11 is 2.24. The van der Waals surface area contributed by atoms with Crippen LogP contribution >= 0.6 is 22.6 Å². The standard InChI is InChI=1S/C23H23IO6/c1-11(9-24)16-7-14-15(29-16)5-4-12-22(25)21-13-6-18(26-2)19(27-3)8-17(13)28-10-20(21)30-23(12)14/h4-6,8-9,16,20-22,25H,7,10H2,1-3H3/b11-9+/t16-,20?,21?,22?/m0/s1. The summed E-state index contributed by atoms with van der Waals surface area (Å²) in [4.78, 5) is 0. The molecular formula is C23H23IO6. The molecule has 5 rings (SSSR count). The second-order valence-electron chi connectivity index (χ2n) is 7.81. The Morgan fingerprint density at radius 1 is 1.10 bits per heavy atom. The molecule has 0 saturated carbocycles. The molecule has 0 fully saturated rings. The number of aliphatic hydroxyl groups excluding tert-OH is 1. The third-order valence-corrected chi connectivity index (χ3v) is 7.18. The average molecular weight is 522 g/mol. The van der Waals surface area contributed by atoms with E-state index in [1.54, 1.807) is 14.2 Å². The van der Waals surface area contributed by atoms with Gasteiger partial charge in [0.05, 0.1) is 26.2 Å². The fraction of sp³-hybridized carbons (Fsp3) is 0.391. The number of methoxy groups -OCH3 is 2. The summed E-state index contributed by atoms with van der Waals surface area (Å²) in [6.45, 7) is 2.42. The molecule has 0 spiro atoms. The summed E-state index contributed by atoms with van der Waals surface area (Å²) in [6, 6.07) is 7.54. The first-order valence-electron chi connectivity index (χ1n) is 9.88. The maximum Gasteiger partial charge on any atom is 0.164 e. The van der Waals surface area contributed by atoms with E-state index in [1.165, 1.54) is 5.57 Å². The Labute approximate surface area is 188 Å². The van der Waals surface area contributed by atoms with E-state index >= 15 is 0 Å². The molecule has 2 aromatic carbocycles. The van der Waals surface area contributed by atoms with E-state index < -0.39 is 6.10 Å². The molecular weight excluding hydrogens is 499 g/mol. The summed E-state index contributed by atoms with van der Waals surface area (Å²) in [6.07, 6.45) is -0.284. The van der Waals surface area contributed by atoms with Crippen molar-refractivity contribution in [3.05, 3.63) is 50.6 Å². The lowest BCUT2D eigenvalue weighted by Gasteiger charge is -2.41. The van der Waals surface area contributed by atoms with Crippen LogP contribution in [0, 0.1) is 0 Å². The van der Waals surface area contributed by atoms with Crippen LogP contribution < -0.4 is 23.7 Å². The molecule has 30 heavy (non-hydrogen) atoms. The Morgan fingerprint density at radius 2 is 1.87 bits per heavy atom. The summed E-state index contributed by atoms with van der Waals surface area (Å²) in [5, 5.41) is 11.4. The van der Waals surface area contributed by atoms with Gasteiger partial charge in [0.25, 0.3) is 0 Å². The van der Waals surface area contributed by atoms with Gasteiger partial charge in [-0.05, 0) is 34.8 Å². The molecule has 0 bridgehead atoms. The van der Waals surface area contributed by atoms with Crippen LogP contribution in [0.4, 0.5) is 0 Å². The molecule has 6 nitrogen and oxygen atoms in total. The van der Waals surface area contributed by atoms with E-state index in [4.69, 9.17) is 23.7 Å². The number of fused-ring (bicyclic) bond motifs is 6. The number of rotatable bonds is 3. The highest BCUT2D eigenvalue weighted by atomic mass is 127. The van der Waals surface area contributed by atoms with Crippen molar-refractivity contribution in [3.8, 4) is 28.7 Å². The van der Waals surface area contributed by atoms with Gasteiger partial charge in [0.2, 0.25) is 0 Å². The van der Waals surface area contributed by atoms with Crippen molar-refractivity contribution in [2.75, 3.05) is 20.8 Å². The Balaban J connectivity index is 1.55. The van der Waals surface area contributed by atoms with Crippen LogP contribution in [-0.4, -0.2) is 38.1 Å². The molecule has 3 aliphatic heterocycles. The largest absolute Gasteiger partial charge is 0.493 e.